The van der Waals surface area contributed by atoms with Crippen molar-refractivity contribution >= 4 is 0 Å². The summed E-state index contributed by atoms with van der Waals surface area (Å²) in [6, 6.07) is 0. The number of hydrogen-bond donors (Lipinski definition) is 4. The predicted molar refractivity (Wildman–Crippen MR) is 39.2 cm³/mol. The SMILES string of the molecule is CC[C@H]1OC(O)C(O)C(O)C1O.[Ac].[Ac].[Ac].[Ac]. The van der Waals surface area contributed by atoms with Crippen molar-refractivity contribution in [3.63, 3.8) is 0 Å². The van der Waals surface area contributed by atoms with Gasteiger partial charge in [0.05, 0.1) is 6.10 Å². The van der Waals surface area contributed by atoms with Gasteiger partial charge in [-0.05, 0) is 6.42 Å². The second kappa shape index (κ2) is 15.5. The van der Waals surface area contributed by atoms with Crippen LogP contribution >= 0.6 is 0 Å². The first-order valence-corrected chi connectivity index (χ1v) is 3.95. The van der Waals surface area contributed by atoms with E-state index in [4.69, 9.17) is 14.9 Å². The Kier molecular flexibility index (Phi) is 28.6. The van der Waals surface area contributed by atoms with E-state index in [2.05, 4.69) is 0 Å². The number of rotatable bonds is 1. The molecule has 5 atom stereocenters. The number of ether oxygens (including phenoxy) is 1. The number of aliphatic hydroxyl groups is 4. The molecule has 4 unspecified atom stereocenters. The van der Waals surface area contributed by atoms with Gasteiger partial charge in [0.15, 0.2) is 6.29 Å². The molecule has 4 N–H and O–H groups in total. The molecular weight excluding hydrogens is 1070 g/mol. The van der Waals surface area contributed by atoms with Gasteiger partial charge in [0.2, 0.25) is 0 Å². The maximum absolute atomic E-state index is 9.28. The van der Waals surface area contributed by atoms with Gasteiger partial charge in [-0.3, -0.25) is 0 Å². The van der Waals surface area contributed by atoms with Crippen molar-refractivity contribution in [1.82, 2.24) is 0 Å². The van der Waals surface area contributed by atoms with E-state index in [0.717, 1.165) is 0 Å². The van der Waals surface area contributed by atoms with Crippen LogP contribution in [0.15, 0.2) is 0 Å². The van der Waals surface area contributed by atoms with Crippen LogP contribution in [-0.2, 0) is 4.74 Å². The van der Waals surface area contributed by atoms with Crippen molar-refractivity contribution < 1.29 is 201 Å². The van der Waals surface area contributed by atoms with Crippen LogP contribution in [0.1, 0.15) is 13.3 Å². The van der Waals surface area contributed by atoms with Gasteiger partial charge in [0.1, 0.15) is 18.3 Å². The molecule has 0 aromatic carbocycles. The minimum Gasteiger partial charge on any atom is -0.388 e. The largest absolute Gasteiger partial charge is 0.388 e. The van der Waals surface area contributed by atoms with E-state index in [1.54, 1.807) is 6.92 Å². The molecule has 1 heterocycles. The summed E-state index contributed by atoms with van der Waals surface area (Å²) in [5, 5.41) is 36.5. The molecule has 1 aliphatic rings. The zero-order chi connectivity index (χ0) is 9.30. The van der Waals surface area contributed by atoms with Crippen LogP contribution in [-0.4, -0.2) is 51.1 Å². The molecule has 84 valence electrons. The first-order valence-electron chi connectivity index (χ1n) is 3.95. The molecule has 16 heavy (non-hydrogen) atoms. The van der Waals surface area contributed by atoms with Crippen molar-refractivity contribution in [2.45, 2.75) is 44.1 Å². The average Bonchev–Trinajstić information content (AvgIpc) is 2.08. The standard InChI is InChI=1S/C7H14O5.4Ac/c1-2-3-4(8)5(9)6(10)7(11)12-3;;;;/h3-11H,2H2,1H3;;;;/t3-,4?,5?,6?,7?;;;;/m1..../s1. The summed E-state index contributed by atoms with van der Waals surface area (Å²) in [4.78, 5) is 0. The summed E-state index contributed by atoms with van der Waals surface area (Å²) in [5.74, 6) is 0. The summed E-state index contributed by atoms with van der Waals surface area (Å²) in [6.45, 7) is 1.75. The Morgan fingerprint density at radius 2 is 1.25 bits per heavy atom. The molecular formula is C7H14Ac4O5. The Bertz CT molecular complexity index is 159. The zero-order valence-electron chi connectivity index (χ0n) is 9.10. The molecule has 1 saturated heterocycles. The molecule has 1 rings (SSSR count). The van der Waals surface area contributed by atoms with Gasteiger partial charge >= 0.3 is 0 Å². The molecule has 0 aliphatic carbocycles. The van der Waals surface area contributed by atoms with Gasteiger partial charge in [-0.2, -0.15) is 0 Å². The van der Waals surface area contributed by atoms with Gasteiger partial charge in [0, 0.05) is 176 Å². The van der Waals surface area contributed by atoms with Crippen molar-refractivity contribution in [3.05, 3.63) is 0 Å². The Hall–Kier alpha value is 5.57. The fourth-order valence-corrected chi connectivity index (χ4v) is 1.27. The smallest absolute Gasteiger partial charge is 0.183 e. The Morgan fingerprint density at radius 1 is 0.812 bits per heavy atom. The second-order valence-corrected chi connectivity index (χ2v) is 2.95. The van der Waals surface area contributed by atoms with Crippen LogP contribution in [0.5, 0.6) is 0 Å². The van der Waals surface area contributed by atoms with Crippen molar-refractivity contribution in [3.8, 4) is 0 Å². The Labute approximate surface area is 238 Å². The molecule has 0 aromatic heterocycles. The molecule has 0 aromatic rings. The van der Waals surface area contributed by atoms with E-state index in [-0.39, 0.29) is 176 Å². The molecule has 0 saturated carbocycles. The third kappa shape index (κ3) is 8.88. The van der Waals surface area contributed by atoms with Gasteiger partial charge in [-0.25, -0.2) is 0 Å². The number of hydrogen-bond acceptors (Lipinski definition) is 5. The fraction of sp³-hybridized carbons (Fsp3) is 1.00. The average molecular weight is 1090 g/mol. The van der Waals surface area contributed by atoms with Crippen LogP contribution in [0.4, 0.5) is 0 Å². The van der Waals surface area contributed by atoms with Gasteiger partial charge < -0.3 is 25.2 Å². The van der Waals surface area contributed by atoms with Crippen molar-refractivity contribution in [2.75, 3.05) is 0 Å². The van der Waals surface area contributed by atoms with Gasteiger partial charge in [-0.15, -0.1) is 0 Å². The van der Waals surface area contributed by atoms with Crippen molar-refractivity contribution in [1.29, 1.82) is 0 Å². The maximum Gasteiger partial charge on any atom is 0.183 e. The fourth-order valence-electron chi connectivity index (χ4n) is 1.27. The zero-order valence-corrected chi connectivity index (χ0v) is 28.1. The van der Waals surface area contributed by atoms with Gasteiger partial charge in [-0.1, -0.05) is 6.92 Å². The predicted octanol–water partition coefficient (Wildman–Crippen LogP) is -1.80. The first-order chi connectivity index (χ1) is 5.57. The van der Waals surface area contributed by atoms with Crippen LogP contribution in [0.3, 0.4) is 0 Å². The molecule has 4 radical (unpaired) electrons. The summed E-state index contributed by atoms with van der Waals surface area (Å²) < 4.78 is 4.83. The molecule has 5 nitrogen and oxygen atoms in total. The maximum atomic E-state index is 9.28. The van der Waals surface area contributed by atoms with Crippen LogP contribution in [0.2, 0.25) is 0 Å². The Balaban J connectivity index is -0.000000180. The summed E-state index contributed by atoms with van der Waals surface area (Å²) in [5.41, 5.74) is 0. The van der Waals surface area contributed by atoms with E-state index < -0.39 is 30.7 Å². The summed E-state index contributed by atoms with van der Waals surface area (Å²) in [6.07, 6.45) is -5.44. The van der Waals surface area contributed by atoms with Crippen LogP contribution < -0.4 is 0 Å². The van der Waals surface area contributed by atoms with E-state index in [9.17, 15) is 10.2 Å². The van der Waals surface area contributed by atoms with E-state index in [1.165, 1.54) is 0 Å². The molecule has 1 aliphatic heterocycles. The normalized spacial score (nSPS) is 36.9. The second-order valence-electron chi connectivity index (χ2n) is 2.95. The molecule has 9 heteroatoms. The minimum absolute atomic E-state index is 0. The molecule has 0 spiro atoms. The summed E-state index contributed by atoms with van der Waals surface area (Å²) >= 11 is 0. The Morgan fingerprint density at radius 3 is 1.62 bits per heavy atom. The van der Waals surface area contributed by atoms with E-state index >= 15 is 0 Å². The third-order valence-corrected chi connectivity index (χ3v) is 2.09. The minimum atomic E-state index is -1.43. The van der Waals surface area contributed by atoms with Crippen LogP contribution in [0, 0.1) is 176 Å². The molecule has 0 amide bonds. The monoisotopic (exact) mass is 1090 g/mol. The van der Waals surface area contributed by atoms with E-state index in [1.807, 2.05) is 0 Å². The molecule has 0 bridgehead atoms. The van der Waals surface area contributed by atoms with E-state index in [0.29, 0.717) is 6.42 Å². The quantitative estimate of drug-likeness (QED) is 0.250. The van der Waals surface area contributed by atoms with Gasteiger partial charge in [0.25, 0.3) is 0 Å². The molecule has 1 fully saturated rings. The topological polar surface area (TPSA) is 90.2 Å². The van der Waals surface area contributed by atoms with Crippen LogP contribution in [0.25, 0.3) is 0 Å². The summed E-state index contributed by atoms with van der Waals surface area (Å²) in [7, 11) is 0. The number of aliphatic hydroxyl groups excluding tert-OH is 4. The van der Waals surface area contributed by atoms with Crippen molar-refractivity contribution in [2.24, 2.45) is 0 Å². The third-order valence-electron chi connectivity index (χ3n) is 2.09. The first kappa shape index (κ1) is 29.6.